The van der Waals surface area contributed by atoms with Crippen molar-refractivity contribution in [3.63, 3.8) is 0 Å². The summed E-state index contributed by atoms with van der Waals surface area (Å²) in [5.74, 6) is -1.92. The monoisotopic (exact) mass is 447 g/mol. The van der Waals surface area contributed by atoms with E-state index in [4.69, 9.17) is 5.11 Å². The Bertz CT molecular complexity index is 1010. The molecule has 13 heteroatoms. The predicted octanol–water partition coefficient (Wildman–Crippen LogP) is 0.863. The number of nitrogens with one attached hydrogen (secondary N) is 2. The van der Waals surface area contributed by atoms with E-state index in [0.29, 0.717) is 0 Å². The maximum absolute atomic E-state index is 12.3. The van der Waals surface area contributed by atoms with Crippen LogP contribution in [-0.4, -0.2) is 56.3 Å². The zero-order chi connectivity index (χ0) is 22.4. The number of amides is 2. The molecule has 0 spiro atoms. The van der Waals surface area contributed by atoms with Gasteiger partial charge in [-0.2, -0.15) is 13.2 Å². The van der Waals surface area contributed by atoms with Crippen molar-refractivity contribution in [2.24, 2.45) is 0 Å². The molecule has 0 aliphatic rings. The average Bonchev–Trinajstić information content (AvgIpc) is 2.70. The van der Waals surface area contributed by atoms with Crippen LogP contribution in [-0.2, 0) is 10.0 Å². The van der Waals surface area contributed by atoms with Gasteiger partial charge in [-0.15, -0.1) is 0 Å². The van der Waals surface area contributed by atoms with E-state index < -0.39 is 34.6 Å². The summed E-state index contributed by atoms with van der Waals surface area (Å²) < 4.78 is 67.4. The van der Waals surface area contributed by atoms with Gasteiger partial charge in [-0.3, -0.25) is 14.6 Å². The molecule has 0 aliphatic heterocycles. The van der Waals surface area contributed by atoms with Crippen molar-refractivity contribution in [1.82, 2.24) is 15.0 Å². The first-order valence-electron chi connectivity index (χ1n) is 8.24. The number of carbonyl (C=O) groups excluding carboxylic acids is 2. The minimum absolute atomic E-state index is 0.0337. The highest BCUT2D eigenvalue weighted by Gasteiger charge is 2.28. The summed E-state index contributed by atoms with van der Waals surface area (Å²) in [4.78, 5) is 27.5. The lowest BCUT2D eigenvalue weighted by molar-refractivity contribution is -0.153. The summed E-state index contributed by atoms with van der Waals surface area (Å²) in [7, 11) is -4.35. The number of halogens is 3. The van der Waals surface area contributed by atoms with Crippen molar-refractivity contribution in [2.45, 2.75) is 11.1 Å². The van der Waals surface area contributed by atoms with Crippen LogP contribution in [0.5, 0.6) is 5.75 Å². The molecule has 0 fully saturated rings. The van der Waals surface area contributed by atoms with Gasteiger partial charge in [-0.25, -0.2) is 13.1 Å². The molecule has 0 saturated heterocycles. The zero-order valence-corrected chi connectivity index (χ0v) is 16.0. The first-order valence-corrected chi connectivity index (χ1v) is 9.72. The molecule has 3 N–H and O–H groups in total. The minimum atomic E-state index is -4.54. The van der Waals surface area contributed by atoms with Gasteiger partial charge in [0, 0.05) is 18.3 Å². The maximum Gasteiger partial charge on any atom is 0.422 e. The van der Waals surface area contributed by atoms with Crippen LogP contribution >= 0.6 is 0 Å². The van der Waals surface area contributed by atoms with E-state index in [-0.39, 0.29) is 35.1 Å². The van der Waals surface area contributed by atoms with Gasteiger partial charge in [0.15, 0.2) is 6.61 Å². The fourth-order valence-electron chi connectivity index (χ4n) is 2.08. The van der Waals surface area contributed by atoms with Gasteiger partial charge in [0.1, 0.15) is 11.4 Å². The number of rotatable bonds is 8. The van der Waals surface area contributed by atoms with Crippen LogP contribution in [0.25, 0.3) is 0 Å². The molecule has 1 aromatic heterocycles. The van der Waals surface area contributed by atoms with E-state index in [1.807, 2.05) is 0 Å². The Balaban J connectivity index is 2.09. The summed E-state index contributed by atoms with van der Waals surface area (Å²) in [6.07, 6.45) is -3.42. The second-order valence-corrected chi connectivity index (χ2v) is 7.40. The number of hydrogen-bond donors (Lipinski definition) is 3. The lowest BCUT2D eigenvalue weighted by atomic mass is 10.2. The van der Waals surface area contributed by atoms with Crippen molar-refractivity contribution >= 4 is 21.8 Å². The molecule has 30 heavy (non-hydrogen) atoms. The van der Waals surface area contributed by atoms with E-state index in [1.54, 1.807) is 4.72 Å². The predicted molar refractivity (Wildman–Crippen MR) is 96.3 cm³/mol. The van der Waals surface area contributed by atoms with Gasteiger partial charge in [0.05, 0.1) is 11.5 Å². The van der Waals surface area contributed by atoms with E-state index >= 15 is 0 Å². The van der Waals surface area contributed by atoms with Crippen LogP contribution in [0.4, 0.5) is 13.2 Å². The molecule has 0 aliphatic carbocycles. The van der Waals surface area contributed by atoms with Crippen LogP contribution in [0.15, 0.2) is 47.5 Å². The van der Waals surface area contributed by atoms with Gasteiger partial charge in [0.2, 0.25) is 0 Å². The summed E-state index contributed by atoms with van der Waals surface area (Å²) in [6.45, 7) is -1.87. The fourth-order valence-corrected chi connectivity index (χ4v) is 3.05. The van der Waals surface area contributed by atoms with Crippen molar-refractivity contribution < 1.29 is 41.0 Å². The quantitative estimate of drug-likeness (QED) is 0.546. The summed E-state index contributed by atoms with van der Waals surface area (Å²) in [5.41, 5.74) is -0.340. The Morgan fingerprint density at radius 2 is 1.77 bits per heavy atom. The van der Waals surface area contributed by atoms with E-state index in [1.165, 1.54) is 6.07 Å². The lowest BCUT2D eigenvalue weighted by Gasteiger charge is -2.10. The number of aliphatic hydroxyl groups is 1. The fraction of sp³-hybridized carbons (Fsp3) is 0.235. The molecule has 2 amide bonds. The molecule has 9 nitrogen and oxygen atoms in total. The van der Waals surface area contributed by atoms with Crippen LogP contribution < -0.4 is 14.8 Å². The number of ether oxygens (including phenoxy) is 1. The van der Waals surface area contributed by atoms with Crippen LogP contribution in [0, 0.1) is 0 Å². The first-order chi connectivity index (χ1) is 14.0. The highest BCUT2D eigenvalue weighted by molar-refractivity contribution is 7.90. The number of sulfonamides is 1. The summed E-state index contributed by atoms with van der Waals surface area (Å²) >= 11 is 0. The smallest absolute Gasteiger partial charge is 0.422 e. The van der Waals surface area contributed by atoms with Crippen LogP contribution in [0.3, 0.4) is 0 Å². The van der Waals surface area contributed by atoms with Gasteiger partial charge >= 0.3 is 6.18 Å². The Hall–Kier alpha value is -3.19. The van der Waals surface area contributed by atoms with Gasteiger partial charge in [-0.05, 0) is 36.4 Å². The molecule has 0 bridgehead atoms. The second kappa shape index (κ2) is 9.54. The van der Waals surface area contributed by atoms with E-state index in [0.717, 1.165) is 36.5 Å². The Morgan fingerprint density at radius 3 is 2.37 bits per heavy atom. The molecule has 1 aromatic carbocycles. The lowest BCUT2D eigenvalue weighted by Crippen LogP contribution is -2.31. The number of hydrogen-bond acceptors (Lipinski definition) is 7. The molecule has 0 radical (unpaired) electrons. The largest absolute Gasteiger partial charge is 0.484 e. The van der Waals surface area contributed by atoms with Gasteiger partial charge < -0.3 is 15.2 Å². The molecule has 2 aromatic rings. The third kappa shape index (κ3) is 6.70. The molecular formula is C17H16F3N3O6S. The number of nitrogens with zero attached hydrogens (tertiary/aromatic N) is 1. The SMILES string of the molecule is O=C(NS(=O)(=O)c1ccc(OCC(F)(F)F)cc1)c1ccnc(C(=O)NCCO)c1. The Morgan fingerprint density at radius 1 is 1.10 bits per heavy atom. The van der Waals surface area contributed by atoms with Gasteiger partial charge in [0.25, 0.3) is 21.8 Å². The molecule has 0 unspecified atom stereocenters. The normalized spacial score (nSPS) is 11.6. The van der Waals surface area contributed by atoms with Crippen molar-refractivity contribution in [3.8, 4) is 5.75 Å². The molecule has 1 heterocycles. The zero-order valence-electron chi connectivity index (χ0n) is 15.1. The average molecular weight is 447 g/mol. The van der Waals surface area contributed by atoms with Crippen molar-refractivity contribution in [2.75, 3.05) is 19.8 Å². The van der Waals surface area contributed by atoms with Crippen molar-refractivity contribution in [3.05, 3.63) is 53.9 Å². The molecule has 0 atom stereocenters. The number of aromatic nitrogens is 1. The number of benzene rings is 1. The van der Waals surface area contributed by atoms with Gasteiger partial charge in [-0.1, -0.05) is 0 Å². The highest BCUT2D eigenvalue weighted by Crippen LogP contribution is 2.20. The molecular weight excluding hydrogens is 431 g/mol. The third-order valence-corrected chi connectivity index (χ3v) is 4.76. The minimum Gasteiger partial charge on any atom is -0.484 e. The summed E-state index contributed by atoms with van der Waals surface area (Å²) in [6, 6.07) is 6.22. The number of pyridine rings is 1. The third-order valence-electron chi connectivity index (χ3n) is 3.42. The number of aliphatic hydroxyl groups excluding tert-OH is 1. The van der Waals surface area contributed by atoms with E-state index in [2.05, 4.69) is 15.0 Å². The second-order valence-electron chi connectivity index (χ2n) is 5.72. The van der Waals surface area contributed by atoms with E-state index in [9.17, 15) is 31.2 Å². The topological polar surface area (TPSA) is 135 Å². The first kappa shape index (κ1) is 23.1. The standard InChI is InChI=1S/C17H16F3N3O6S/c18-17(19,20)10-29-12-1-3-13(4-2-12)30(27,28)23-15(25)11-5-6-21-14(9-11)16(26)22-7-8-24/h1-6,9,24H,7-8,10H2,(H,22,26)(H,23,25). The number of alkyl halides is 3. The maximum atomic E-state index is 12.3. The Kier molecular flexibility index (Phi) is 7.34. The highest BCUT2D eigenvalue weighted by atomic mass is 32.2. The van der Waals surface area contributed by atoms with Crippen molar-refractivity contribution in [1.29, 1.82) is 0 Å². The van der Waals surface area contributed by atoms with Crippen LogP contribution in [0.1, 0.15) is 20.8 Å². The van der Waals surface area contributed by atoms with Crippen LogP contribution in [0.2, 0.25) is 0 Å². The molecule has 2 rings (SSSR count). The summed E-state index contributed by atoms with van der Waals surface area (Å²) in [5, 5.41) is 11.0. The molecule has 0 saturated carbocycles. The Labute approximate surface area is 168 Å². The molecule has 162 valence electrons. The number of carbonyl (C=O) groups is 2.